The van der Waals surface area contributed by atoms with E-state index in [2.05, 4.69) is 37.5 Å². The Morgan fingerprint density at radius 1 is 1.20 bits per heavy atom. The zero-order chi connectivity index (χ0) is 28.7. The van der Waals surface area contributed by atoms with Gasteiger partial charge in [-0.15, -0.1) is 12.0 Å². The van der Waals surface area contributed by atoms with Gasteiger partial charge in [-0.2, -0.15) is 4.39 Å². The topological polar surface area (TPSA) is 86.4 Å². The van der Waals surface area contributed by atoms with Gasteiger partial charge in [0, 0.05) is 35.7 Å². The Hall–Kier alpha value is -4.23. The maximum Gasteiger partial charge on any atom is 0.212 e. The van der Waals surface area contributed by atoms with Gasteiger partial charge in [-0.3, -0.25) is 9.99 Å². The van der Waals surface area contributed by atoms with Crippen molar-refractivity contribution in [1.29, 1.82) is 0 Å². The fraction of sp³-hybridized carbons (Fsp3) is 0.172. The molecule has 2 aromatic heterocycles. The highest BCUT2D eigenvalue weighted by Crippen LogP contribution is 2.40. The van der Waals surface area contributed by atoms with E-state index in [0.717, 1.165) is 12.8 Å². The van der Waals surface area contributed by atoms with E-state index in [-0.39, 0.29) is 0 Å². The Morgan fingerprint density at radius 3 is 2.77 bits per heavy atom. The van der Waals surface area contributed by atoms with Crippen LogP contribution in [-0.2, 0) is 0 Å². The van der Waals surface area contributed by atoms with Crippen molar-refractivity contribution in [1.82, 2.24) is 25.9 Å². The molecule has 4 N–H and O–H groups in total. The fourth-order valence-electron chi connectivity index (χ4n) is 4.49. The number of terminal acetylenes is 1. The summed E-state index contributed by atoms with van der Waals surface area (Å²) in [5, 5.41) is 9.91. The van der Waals surface area contributed by atoms with Gasteiger partial charge in [0.25, 0.3) is 0 Å². The summed E-state index contributed by atoms with van der Waals surface area (Å²) in [5.74, 6) is 2.47. The first-order valence-electron chi connectivity index (χ1n) is 12.9. The summed E-state index contributed by atoms with van der Waals surface area (Å²) in [6.07, 6.45) is 12.7. The van der Waals surface area contributed by atoms with Crippen LogP contribution in [0, 0.1) is 18.3 Å². The Morgan fingerprint density at radius 2 is 2.05 bits per heavy atom. The Labute approximate surface area is 241 Å². The summed E-state index contributed by atoms with van der Waals surface area (Å²) < 4.78 is 28.8. The lowest BCUT2D eigenvalue weighted by Crippen LogP contribution is -2.38. The minimum atomic E-state index is -1.60. The molecule has 0 amide bonds. The van der Waals surface area contributed by atoms with Crippen molar-refractivity contribution in [3.63, 3.8) is 0 Å². The molecule has 1 atom stereocenters. The van der Waals surface area contributed by atoms with Gasteiger partial charge in [-0.1, -0.05) is 41.3 Å². The molecule has 6 rings (SSSR count). The van der Waals surface area contributed by atoms with Crippen molar-refractivity contribution in [3.05, 3.63) is 93.9 Å². The van der Waals surface area contributed by atoms with Gasteiger partial charge < -0.3 is 20.8 Å². The van der Waals surface area contributed by atoms with E-state index in [1.54, 1.807) is 30.5 Å². The maximum absolute atomic E-state index is 13.7. The van der Waals surface area contributed by atoms with Crippen molar-refractivity contribution in [2.24, 2.45) is 0 Å². The number of halogens is 3. The van der Waals surface area contributed by atoms with Crippen LogP contribution in [0.15, 0.2) is 66.8 Å². The predicted molar refractivity (Wildman–Crippen MR) is 156 cm³/mol. The van der Waals surface area contributed by atoms with E-state index in [1.807, 2.05) is 17.3 Å². The van der Waals surface area contributed by atoms with Gasteiger partial charge in [-0.25, -0.2) is 4.98 Å². The minimum absolute atomic E-state index is 0.334. The normalized spacial score (nSPS) is 16.4. The number of pyridine rings is 2. The molecule has 202 valence electrons. The number of hydrazine groups is 2. The lowest BCUT2D eigenvalue weighted by atomic mass is 10.0. The molecule has 3 heterocycles. The Kier molecular flexibility index (Phi) is 6.65. The number of anilines is 3. The quantitative estimate of drug-likeness (QED) is 0.144. The smallest absolute Gasteiger partial charge is 0.212 e. The van der Waals surface area contributed by atoms with Crippen LogP contribution in [0.2, 0.25) is 10.0 Å². The molecule has 8 nitrogen and oxygen atoms in total. The van der Waals surface area contributed by atoms with Gasteiger partial charge in [0.15, 0.2) is 5.75 Å². The van der Waals surface area contributed by atoms with Crippen LogP contribution < -0.4 is 26.3 Å². The van der Waals surface area contributed by atoms with E-state index in [9.17, 15) is 5.76 Å². The molecule has 0 bridgehead atoms. The average Bonchev–Trinajstić information content (AvgIpc) is 3.69. The summed E-state index contributed by atoms with van der Waals surface area (Å²) >= 11 is 13.1. The largest absolute Gasteiger partial charge is 0.493 e. The summed E-state index contributed by atoms with van der Waals surface area (Å²) in [4.78, 5) is 8.29. The van der Waals surface area contributed by atoms with Crippen LogP contribution in [0.5, 0.6) is 5.75 Å². The summed E-state index contributed by atoms with van der Waals surface area (Å²) in [6, 6.07) is 10.3. The third-order valence-electron chi connectivity index (χ3n) is 6.59. The zero-order valence-electron chi connectivity index (χ0n) is 22.2. The highest BCUT2D eigenvalue weighted by Gasteiger charge is 2.32. The van der Waals surface area contributed by atoms with Crippen LogP contribution in [-0.4, -0.2) is 28.1 Å². The van der Waals surface area contributed by atoms with E-state index < -0.39 is 12.0 Å². The predicted octanol–water partition coefficient (Wildman–Crippen LogP) is 6.29. The van der Waals surface area contributed by atoms with Crippen molar-refractivity contribution in [2.75, 3.05) is 17.7 Å². The molecule has 0 saturated heterocycles. The number of hydrogen-bond donors (Lipinski definition) is 4. The standard InChI is InChI=1S/C29H24Cl2FN7O/c1-3-16-13-34-28-20(26(16)36-23-6-4-5-21(30)29(23)40-2)11-18(12-22(28)31)35-27(17-7-10-25(32)33-14-17)24-15-39(38-37-24)19-8-9-19/h1,4-7,10-15,19,27,35,37-38H,8-9H2,2H3,(H,34,36)/t27-/m1/s1/i27D. The first kappa shape index (κ1) is 24.8. The third kappa shape index (κ3) is 5.05. The number of methoxy groups -OCH3 is 1. The molecule has 1 fully saturated rings. The lowest BCUT2D eigenvalue weighted by molar-refractivity contribution is 0.260. The molecule has 2 aliphatic rings. The Bertz CT molecular complexity index is 1730. The van der Waals surface area contributed by atoms with Crippen molar-refractivity contribution in [2.45, 2.75) is 24.9 Å². The summed E-state index contributed by atoms with van der Waals surface area (Å²) in [7, 11) is 1.53. The van der Waals surface area contributed by atoms with Gasteiger partial charge in [0.2, 0.25) is 5.95 Å². The molecule has 1 aliphatic carbocycles. The molecule has 4 aromatic rings. The number of hydrogen-bond acceptors (Lipinski definition) is 8. The van der Waals surface area contributed by atoms with Gasteiger partial charge in [0.05, 0.1) is 52.7 Å². The third-order valence-corrected chi connectivity index (χ3v) is 7.18. The van der Waals surface area contributed by atoms with Crippen molar-refractivity contribution >= 4 is 51.2 Å². The lowest BCUT2D eigenvalue weighted by Gasteiger charge is -2.22. The summed E-state index contributed by atoms with van der Waals surface area (Å²) in [5.41, 5.74) is 9.71. The molecule has 40 heavy (non-hydrogen) atoms. The SMILES string of the molecule is [2H][C@](Nc1cc(Cl)c2ncc(C#C)c(Nc3cccc(Cl)c3OC)c2c1)(C1=CN(C2CC2)NN1)c1ccc(F)nc1. The number of aromatic nitrogens is 2. The van der Waals surface area contributed by atoms with Crippen molar-refractivity contribution in [3.8, 4) is 18.1 Å². The highest BCUT2D eigenvalue weighted by atomic mass is 35.5. The first-order chi connectivity index (χ1) is 19.8. The van der Waals surface area contributed by atoms with Gasteiger partial charge >= 0.3 is 0 Å². The van der Waals surface area contributed by atoms with E-state index in [1.165, 1.54) is 25.4 Å². The summed E-state index contributed by atoms with van der Waals surface area (Å²) in [6.45, 7) is 0. The average molecular weight is 577 g/mol. The van der Waals surface area contributed by atoms with Crippen molar-refractivity contribution < 1.29 is 10.5 Å². The van der Waals surface area contributed by atoms with Crippen LogP contribution >= 0.6 is 23.2 Å². The number of nitrogens with zero attached hydrogens (tertiary/aromatic N) is 3. The second kappa shape index (κ2) is 10.7. The molecular formula is C29H24Cl2FN7O. The molecule has 0 unspecified atom stereocenters. The van der Waals surface area contributed by atoms with Gasteiger partial charge in [0.1, 0.15) is 0 Å². The Balaban J connectivity index is 1.47. The highest BCUT2D eigenvalue weighted by molar-refractivity contribution is 6.36. The van der Waals surface area contributed by atoms with Crippen LogP contribution in [0.25, 0.3) is 10.9 Å². The van der Waals surface area contributed by atoms with Crippen LogP contribution in [0.4, 0.5) is 21.5 Å². The molecule has 0 radical (unpaired) electrons. The molecule has 11 heteroatoms. The molecule has 2 aromatic carbocycles. The van der Waals surface area contributed by atoms with E-state index in [4.69, 9.17) is 34.4 Å². The van der Waals surface area contributed by atoms with Crippen LogP contribution in [0.3, 0.4) is 0 Å². The van der Waals surface area contributed by atoms with Crippen LogP contribution in [0.1, 0.15) is 31.4 Å². The first-order valence-corrected chi connectivity index (χ1v) is 13.2. The van der Waals surface area contributed by atoms with E-state index in [0.29, 0.717) is 66.6 Å². The molecule has 0 spiro atoms. The number of benzene rings is 2. The fourth-order valence-corrected chi connectivity index (χ4v) is 5.01. The molecule has 1 saturated carbocycles. The van der Waals surface area contributed by atoms with Gasteiger partial charge in [-0.05, 0) is 48.7 Å². The second-order valence-corrected chi connectivity index (χ2v) is 10.1. The monoisotopic (exact) mass is 576 g/mol. The number of rotatable bonds is 8. The molecular weight excluding hydrogens is 552 g/mol. The number of nitrogens with one attached hydrogen (secondary N) is 4. The number of ether oxygens (including phenoxy) is 1. The zero-order valence-corrected chi connectivity index (χ0v) is 22.7. The number of fused-ring (bicyclic) bond motifs is 1. The minimum Gasteiger partial charge on any atom is -0.493 e. The number of para-hydroxylation sites is 1. The molecule has 1 aliphatic heterocycles. The van der Waals surface area contributed by atoms with E-state index >= 15 is 0 Å². The maximum atomic E-state index is 13.7. The second-order valence-electron chi connectivity index (χ2n) is 9.28.